The Kier molecular flexibility index (Phi) is 6.21. The van der Waals surface area contributed by atoms with Crippen molar-refractivity contribution in [1.29, 1.82) is 5.26 Å². The number of nitrogens with zero attached hydrogens (tertiary/aromatic N) is 4. The first-order valence-corrected chi connectivity index (χ1v) is 8.02. The van der Waals surface area contributed by atoms with Crippen molar-refractivity contribution < 1.29 is 14.8 Å². The molecule has 0 bridgehead atoms. The van der Waals surface area contributed by atoms with E-state index in [1.54, 1.807) is 13.0 Å². The molecule has 134 valence electrons. The van der Waals surface area contributed by atoms with E-state index in [1.165, 1.54) is 25.5 Å². The fourth-order valence-electron chi connectivity index (χ4n) is 2.20. The summed E-state index contributed by atoms with van der Waals surface area (Å²) in [5.41, 5.74) is 4.24. The molecule has 1 aromatic heterocycles. The Balaban J connectivity index is 2.32. The van der Waals surface area contributed by atoms with Crippen molar-refractivity contribution in [1.82, 2.24) is 4.98 Å². The van der Waals surface area contributed by atoms with Gasteiger partial charge in [0.1, 0.15) is 11.6 Å². The predicted molar refractivity (Wildman–Crippen MR) is 98.1 cm³/mol. The zero-order chi connectivity index (χ0) is 19.3. The van der Waals surface area contributed by atoms with Gasteiger partial charge >= 0.3 is 5.69 Å². The standard InChI is InChI=1S/C16H14BrN5O4/c1-9-3-11(8-26-2)12(6-18)16(20-9)21-19-7-10-4-13(17)15(23)14(5-10)22(24)25/h3-5,7,23H,8H2,1-2H3,(H,20,21)/b19-7-. The molecule has 10 heteroatoms. The zero-order valence-electron chi connectivity index (χ0n) is 13.9. The van der Waals surface area contributed by atoms with Gasteiger partial charge in [-0.3, -0.25) is 15.5 Å². The number of phenols is 1. The van der Waals surface area contributed by atoms with Crippen LogP contribution in [-0.4, -0.2) is 28.3 Å². The van der Waals surface area contributed by atoms with Crippen molar-refractivity contribution in [3.63, 3.8) is 0 Å². The summed E-state index contributed by atoms with van der Waals surface area (Å²) in [7, 11) is 1.53. The molecule has 2 aromatic rings. The summed E-state index contributed by atoms with van der Waals surface area (Å²) in [4.78, 5) is 14.5. The number of nitriles is 1. The van der Waals surface area contributed by atoms with E-state index < -0.39 is 16.4 Å². The summed E-state index contributed by atoms with van der Waals surface area (Å²) in [5, 5.41) is 33.9. The Morgan fingerprint density at radius 3 is 2.88 bits per heavy atom. The lowest BCUT2D eigenvalue weighted by Crippen LogP contribution is -2.03. The van der Waals surface area contributed by atoms with Crippen LogP contribution < -0.4 is 5.43 Å². The van der Waals surface area contributed by atoms with Crippen LogP contribution in [-0.2, 0) is 11.3 Å². The smallest absolute Gasteiger partial charge is 0.312 e. The number of methoxy groups -OCH3 is 1. The van der Waals surface area contributed by atoms with Crippen LogP contribution >= 0.6 is 15.9 Å². The van der Waals surface area contributed by atoms with Crippen molar-refractivity contribution in [3.8, 4) is 11.8 Å². The van der Waals surface area contributed by atoms with Crippen LogP contribution in [0, 0.1) is 28.4 Å². The number of phenolic OH excluding ortho intramolecular Hbond substituents is 1. The quantitative estimate of drug-likeness (QED) is 0.416. The monoisotopic (exact) mass is 419 g/mol. The Morgan fingerprint density at radius 2 is 2.27 bits per heavy atom. The summed E-state index contributed by atoms with van der Waals surface area (Å²) in [5.74, 6) is -0.209. The maximum Gasteiger partial charge on any atom is 0.312 e. The lowest BCUT2D eigenvalue weighted by molar-refractivity contribution is -0.386. The number of pyridine rings is 1. The minimum atomic E-state index is -0.697. The molecule has 0 aliphatic heterocycles. The number of aromatic hydroxyl groups is 1. The van der Waals surface area contributed by atoms with Gasteiger partial charge in [0.05, 0.1) is 22.2 Å². The van der Waals surface area contributed by atoms with Gasteiger partial charge < -0.3 is 9.84 Å². The molecule has 0 unspecified atom stereocenters. The highest BCUT2D eigenvalue weighted by atomic mass is 79.9. The summed E-state index contributed by atoms with van der Waals surface area (Å²) in [6.45, 7) is 2.03. The lowest BCUT2D eigenvalue weighted by Gasteiger charge is -2.09. The van der Waals surface area contributed by atoms with Crippen LogP contribution in [0.1, 0.15) is 22.4 Å². The van der Waals surface area contributed by atoms with Gasteiger partial charge in [0.15, 0.2) is 5.82 Å². The van der Waals surface area contributed by atoms with Crippen LogP contribution in [0.25, 0.3) is 0 Å². The molecule has 0 radical (unpaired) electrons. The number of hydrazone groups is 1. The molecule has 0 spiro atoms. The molecule has 1 heterocycles. The van der Waals surface area contributed by atoms with Gasteiger partial charge in [-0.05, 0) is 35.0 Å². The normalized spacial score (nSPS) is 10.7. The molecular weight excluding hydrogens is 406 g/mol. The number of anilines is 1. The average molecular weight is 420 g/mol. The molecule has 0 saturated heterocycles. The molecule has 0 saturated carbocycles. The van der Waals surface area contributed by atoms with Crippen molar-refractivity contribution >= 4 is 33.6 Å². The second-order valence-corrected chi connectivity index (χ2v) is 6.04. The van der Waals surface area contributed by atoms with Crippen molar-refractivity contribution in [3.05, 3.63) is 55.2 Å². The zero-order valence-corrected chi connectivity index (χ0v) is 15.4. The number of nitro benzene ring substituents is 1. The number of aryl methyl sites for hydroxylation is 1. The number of aromatic nitrogens is 1. The van der Waals surface area contributed by atoms with Crippen LogP contribution in [0.2, 0.25) is 0 Å². The number of ether oxygens (including phenoxy) is 1. The molecule has 9 nitrogen and oxygen atoms in total. The van der Waals surface area contributed by atoms with Gasteiger partial charge in [0.2, 0.25) is 5.75 Å². The van der Waals surface area contributed by atoms with E-state index in [2.05, 4.69) is 37.5 Å². The Labute approximate surface area is 157 Å². The molecule has 0 amide bonds. The third-order valence-corrected chi connectivity index (χ3v) is 3.89. The minimum Gasteiger partial charge on any atom is -0.501 e. The molecule has 0 aliphatic rings. The molecule has 1 aromatic carbocycles. The summed E-state index contributed by atoms with van der Waals surface area (Å²) in [6.07, 6.45) is 1.32. The largest absolute Gasteiger partial charge is 0.501 e. The van der Waals surface area contributed by atoms with E-state index in [4.69, 9.17) is 4.74 Å². The van der Waals surface area contributed by atoms with Gasteiger partial charge in [-0.15, -0.1) is 0 Å². The van der Waals surface area contributed by atoms with Crippen molar-refractivity contribution in [2.45, 2.75) is 13.5 Å². The van der Waals surface area contributed by atoms with Crippen molar-refractivity contribution in [2.24, 2.45) is 5.10 Å². The SMILES string of the molecule is COCc1cc(C)nc(N/N=C\c2cc(Br)c(O)c([N+](=O)[O-])c2)c1C#N. The Morgan fingerprint density at radius 1 is 1.54 bits per heavy atom. The fraction of sp³-hybridized carbons (Fsp3) is 0.188. The Bertz CT molecular complexity index is 924. The lowest BCUT2D eigenvalue weighted by atomic mass is 10.1. The van der Waals surface area contributed by atoms with E-state index in [0.717, 1.165) is 0 Å². The molecule has 0 fully saturated rings. The van der Waals surface area contributed by atoms with E-state index in [-0.39, 0.29) is 16.9 Å². The maximum absolute atomic E-state index is 10.9. The molecular formula is C16H14BrN5O4. The molecule has 26 heavy (non-hydrogen) atoms. The highest BCUT2D eigenvalue weighted by molar-refractivity contribution is 9.10. The number of hydrogen-bond donors (Lipinski definition) is 2. The number of hydrogen-bond acceptors (Lipinski definition) is 8. The van der Waals surface area contributed by atoms with Crippen molar-refractivity contribution in [2.75, 3.05) is 12.5 Å². The topological polar surface area (TPSA) is 134 Å². The first kappa shape index (κ1) is 19.3. The number of benzene rings is 1. The van der Waals surface area contributed by atoms with Gasteiger partial charge in [0, 0.05) is 30.0 Å². The Hall–Kier alpha value is -3.03. The van der Waals surface area contributed by atoms with Crippen LogP contribution in [0.4, 0.5) is 11.5 Å². The van der Waals surface area contributed by atoms with Gasteiger partial charge in [-0.1, -0.05) is 0 Å². The molecule has 0 aliphatic carbocycles. The summed E-state index contributed by atoms with van der Waals surface area (Å²) >= 11 is 3.06. The van der Waals surface area contributed by atoms with Gasteiger partial charge in [-0.25, -0.2) is 4.98 Å². The van der Waals surface area contributed by atoms with Gasteiger partial charge in [-0.2, -0.15) is 10.4 Å². The average Bonchev–Trinajstić information content (AvgIpc) is 2.57. The summed E-state index contributed by atoms with van der Waals surface area (Å²) < 4.78 is 5.24. The maximum atomic E-state index is 10.9. The third kappa shape index (κ3) is 4.33. The van der Waals surface area contributed by atoms with Crippen LogP contribution in [0.5, 0.6) is 5.75 Å². The first-order chi connectivity index (χ1) is 12.4. The first-order valence-electron chi connectivity index (χ1n) is 7.23. The van der Waals surface area contributed by atoms with E-state index in [1.807, 2.05) is 0 Å². The van der Waals surface area contributed by atoms with E-state index in [9.17, 15) is 20.5 Å². The van der Waals surface area contributed by atoms with E-state index in [0.29, 0.717) is 22.4 Å². The highest BCUT2D eigenvalue weighted by Gasteiger charge is 2.17. The molecule has 2 rings (SSSR count). The molecule has 2 N–H and O–H groups in total. The predicted octanol–water partition coefficient (Wildman–Crippen LogP) is 3.23. The number of halogens is 1. The van der Waals surface area contributed by atoms with Crippen LogP contribution in [0.15, 0.2) is 27.8 Å². The van der Waals surface area contributed by atoms with Crippen LogP contribution in [0.3, 0.4) is 0 Å². The highest BCUT2D eigenvalue weighted by Crippen LogP contribution is 2.34. The fourth-order valence-corrected chi connectivity index (χ4v) is 2.67. The second kappa shape index (κ2) is 8.37. The molecule has 0 atom stereocenters. The minimum absolute atomic E-state index is 0.168. The number of rotatable bonds is 6. The van der Waals surface area contributed by atoms with Gasteiger partial charge in [0.25, 0.3) is 0 Å². The third-order valence-electron chi connectivity index (χ3n) is 3.29. The number of nitro groups is 1. The summed E-state index contributed by atoms with van der Waals surface area (Å²) in [6, 6.07) is 6.45. The second-order valence-electron chi connectivity index (χ2n) is 5.19. The number of nitrogens with one attached hydrogen (secondary N) is 1. The van der Waals surface area contributed by atoms with E-state index >= 15 is 0 Å².